The number of nitrogens with zero attached hydrogens (tertiary/aromatic N) is 6. The Morgan fingerprint density at radius 2 is 0.422 bits per heavy atom. The third kappa shape index (κ3) is 6.35. The Hall–Kier alpha value is -3.04. The molecule has 0 aliphatic heterocycles. The van der Waals surface area contributed by atoms with Crippen LogP contribution in [0.25, 0.3) is 0 Å². The van der Waals surface area contributed by atoms with Gasteiger partial charge in [-0.1, -0.05) is 0 Å². The second kappa shape index (κ2) is 13.8. The summed E-state index contributed by atoms with van der Waals surface area (Å²) in [5, 5.41) is 45.0. The molecule has 6 N–H and O–H groups in total. The molecule has 2 radical (unpaired) electrons. The van der Waals surface area contributed by atoms with E-state index in [-0.39, 0.29) is 62.3 Å². The summed E-state index contributed by atoms with van der Waals surface area (Å²) in [4.78, 5) is 0. The van der Waals surface area contributed by atoms with Gasteiger partial charge in [-0.3, -0.25) is 30.6 Å². The van der Waals surface area contributed by atoms with Crippen molar-refractivity contribution in [2.75, 3.05) is 0 Å². The average molecular weight is 730 g/mol. The van der Waals surface area contributed by atoms with Gasteiger partial charge in [0.15, 0.2) is 0 Å². The van der Waals surface area contributed by atoms with Crippen LogP contribution in [0, 0.1) is 83.1 Å². The third-order valence-corrected chi connectivity index (χ3v) is 8.84. The predicted octanol–water partition coefficient (Wildman–Crippen LogP) is 0.0644. The molecule has 0 aliphatic carbocycles. The Morgan fingerprint density at radius 3 is 0.511 bits per heavy atom. The van der Waals surface area contributed by atoms with Crippen molar-refractivity contribution in [2.45, 2.75) is 83.1 Å². The fourth-order valence-corrected chi connectivity index (χ4v) is 6.78. The first kappa shape index (κ1) is 34.8. The van der Waals surface area contributed by atoms with Gasteiger partial charge in [-0.2, -0.15) is 63.4 Å². The molecule has 0 atom stereocenters. The molecule has 230 valence electrons. The summed E-state index contributed by atoms with van der Waals surface area (Å²) >= 11 is 0. The number of H-pyrrole nitrogens is 6. The molecule has 0 amide bonds. The number of aromatic nitrogens is 12. The number of aromatic amines is 6. The van der Waals surface area contributed by atoms with E-state index in [1.807, 2.05) is 41.5 Å². The van der Waals surface area contributed by atoms with Gasteiger partial charge < -0.3 is 0 Å². The SMILES string of the molecule is Cc1n[nH]c(C)c1[B-](c1c(C)n[nH]c1C)c1c(C)n[nH]c1C.Cc1n[nH]c(C)c1[B-](c1c(C)n[nH]c1C)c1c(C)n[nH]c1C.[Ba+2]. The van der Waals surface area contributed by atoms with Crippen LogP contribution in [0.15, 0.2) is 0 Å². The van der Waals surface area contributed by atoms with E-state index in [9.17, 15) is 0 Å². The fourth-order valence-electron chi connectivity index (χ4n) is 6.78. The number of aryl methyl sites for hydroxylation is 12. The largest absolute Gasteiger partial charge is 2.00 e. The Kier molecular flexibility index (Phi) is 10.6. The zero-order valence-corrected chi connectivity index (χ0v) is 33.0. The molecule has 6 aromatic heterocycles. The number of rotatable bonds is 6. The van der Waals surface area contributed by atoms with Crippen molar-refractivity contribution in [2.24, 2.45) is 0 Å². The first-order chi connectivity index (χ1) is 20.8. The quantitative estimate of drug-likeness (QED) is 0.133. The minimum Gasteiger partial charge on any atom is -0.286 e. The summed E-state index contributed by atoms with van der Waals surface area (Å²) < 4.78 is 0. The minimum absolute atomic E-state index is 0. The van der Waals surface area contributed by atoms with Crippen LogP contribution >= 0.6 is 0 Å². The summed E-state index contributed by atoms with van der Waals surface area (Å²) in [6.45, 7) is 24.8. The second-order valence-corrected chi connectivity index (χ2v) is 12.0. The molecule has 0 fully saturated rings. The smallest absolute Gasteiger partial charge is 0.286 e. The Bertz CT molecular complexity index is 1460. The molecular formula is C30H42B2BaN12. The molecule has 6 aromatic rings. The van der Waals surface area contributed by atoms with Gasteiger partial charge in [0.2, 0.25) is 0 Å². The summed E-state index contributed by atoms with van der Waals surface area (Å²) in [7, 11) is 0. The van der Waals surface area contributed by atoms with Crippen molar-refractivity contribution in [1.29, 1.82) is 0 Å². The van der Waals surface area contributed by atoms with Gasteiger partial charge in [-0.25, -0.2) is 0 Å². The van der Waals surface area contributed by atoms with Gasteiger partial charge in [0.1, 0.15) is 0 Å². The topological polar surface area (TPSA) is 172 Å². The molecule has 0 spiro atoms. The van der Waals surface area contributed by atoms with Gasteiger partial charge in [-0.05, 0) is 131 Å². The second-order valence-electron chi connectivity index (χ2n) is 12.0. The van der Waals surface area contributed by atoms with Crippen LogP contribution in [0.2, 0.25) is 0 Å². The van der Waals surface area contributed by atoms with Crippen molar-refractivity contribution in [3.63, 3.8) is 0 Å². The molecule has 0 saturated heterocycles. The van der Waals surface area contributed by atoms with E-state index in [0.717, 1.165) is 68.3 Å². The number of hydrogen-bond acceptors (Lipinski definition) is 6. The molecule has 6 heterocycles. The van der Waals surface area contributed by atoms with Crippen LogP contribution in [0.3, 0.4) is 0 Å². The molecule has 0 aromatic carbocycles. The fraction of sp³-hybridized carbons (Fsp3) is 0.400. The van der Waals surface area contributed by atoms with E-state index >= 15 is 0 Å². The minimum atomic E-state index is 0. The summed E-state index contributed by atoms with van der Waals surface area (Å²) in [5.74, 6) is 0. The van der Waals surface area contributed by atoms with Gasteiger partial charge in [0.05, 0.1) is 0 Å². The normalized spacial score (nSPS) is 11.3. The molecule has 6 rings (SSSR count). The standard InChI is InChI=1S/2C15H21BN6.Ba/c2*1-7-13(8(2)18-17-7)16(14-9(3)19-20-10(14)4)15-11(5)21-22-12(15)6;/h2*1-6H3,(H,17,18)(H,19,20)(H,21,22);/q2*-1;+2. The summed E-state index contributed by atoms with van der Waals surface area (Å²) in [6, 6.07) is 0. The van der Waals surface area contributed by atoms with Gasteiger partial charge in [-0.15, -0.1) is 0 Å². The van der Waals surface area contributed by atoms with Gasteiger partial charge in [0, 0.05) is 34.2 Å². The van der Waals surface area contributed by atoms with Crippen molar-refractivity contribution in [3.8, 4) is 0 Å². The summed E-state index contributed by atoms with van der Waals surface area (Å²) in [6.07, 6.45) is 0. The van der Waals surface area contributed by atoms with Crippen LogP contribution in [-0.2, 0) is 0 Å². The van der Waals surface area contributed by atoms with Crippen molar-refractivity contribution >= 4 is 95.1 Å². The first-order valence-corrected chi connectivity index (χ1v) is 14.9. The zero-order chi connectivity index (χ0) is 32.0. The summed E-state index contributed by atoms with van der Waals surface area (Å²) in [5.41, 5.74) is 19.9. The Morgan fingerprint density at radius 1 is 0.289 bits per heavy atom. The van der Waals surface area contributed by atoms with Crippen molar-refractivity contribution in [1.82, 2.24) is 61.2 Å². The van der Waals surface area contributed by atoms with Crippen molar-refractivity contribution < 1.29 is 0 Å². The van der Waals surface area contributed by atoms with E-state index in [2.05, 4.69) is 103 Å². The number of nitrogens with one attached hydrogen (secondary N) is 6. The van der Waals surface area contributed by atoms with E-state index in [0.29, 0.717) is 0 Å². The molecular weight excluding hydrogens is 687 g/mol. The maximum absolute atomic E-state index is 4.39. The first-order valence-electron chi connectivity index (χ1n) is 14.9. The maximum atomic E-state index is 4.39. The number of hydrogen-bond donors (Lipinski definition) is 6. The van der Waals surface area contributed by atoms with Crippen LogP contribution in [0.4, 0.5) is 0 Å². The van der Waals surface area contributed by atoms with Crippen LogP contribution in [0.5, 0.6) is 0 Å². The Labute approximate surface area is 305 Å². The third-order valence-electron chi connectivity index (χ3n) is 8.84. The zero-order valence-electron chi connectivity index (χ0n) is 28.5. The average Bonchev–Trinajstić information content (AvgIpc) is 3.80. The molecule has 0 saturated carbocycles. The molecule has 0 unspecified atom stereocenters. The molecule has 12 nitrogen and oxygen atoms in total. The van der Waals surface area contributed by atoms with E-state index in [1.54, 1.807) is 0 Å². The van der Waals surface area contributed by atoms with E-state index < -0.39 is 0 Å². The van der Waals surface area contributed by atoms with Crippen LogP contribution in [0.1, 0.15) is 68.3 Å². The Balaban J connectivity index is 0.000000200. The predicted molar refractivity (Wildman–Crippen MR) is 183 cm³/mol. The molecule has 45 heavy (non-hydrogen) atoms. The van der Waals surface area contributed by atoms with Gasteiger partial charge >= 0.3 is 48.9 Å². The molecule has 0 aliphatic rings. The van der Waals surface area contributed by atoms with Crippen LogP contribution < -0.4 is 32.8 Å². The monoisotopic (exact) mass is 730 g/mol. The van der Waals surface area contributed by atoms with E-state index in [4.69, 9.17) is 0 Å². The van der Waals surface area contributed by atoms with Crippen molar-refractivity contribution in [3.05, 3.63) is 68.3 Å². The van der Waals surface area contributed by atoms with Gasteiger partial charge in [0.25, 0.3) is 0 Å². The molecule has 0 bridgehead atoms. The maximum Gasteiger partial charge on any atom is 2.00 e. The van der Waals surface area contributed by atoms with Crippen LogP contribution in [-0.4, -0.2) is 123 Å². The van der Waals surface area contributed by atoms with E-state index in [1.165, 1.54) is 32.8 Å². The molecule has 15 heteroatoms.